The Morgan fingerprint density at radius 3 is 2.81 bits per heavy atom. The third-order valence-corrected chi connectivity index (χ3v) is 3.17. The minimum absolute atomic E-state index is 0.139. The first kappa shape index (κ1) is 13.2. The molecule has 16 heavy (non-hydrogen) atoms. The summed E-state index contributed by atoms with van der Waals surface area (Å²) in [5.41, 5.74) is 10.6. The third-order valence-electron chi connectivity index (χ3n) is 3.17. The SMILES string of the molecule is CC1CCC(CN=C(N)N)CC1OCCF. The van der Waals surface area contributed by atoms with E-state index in [0.29, 0.717) is 18.4 Å². The molecule has 0 spiro atoms. The van der Waals surface area contributed by atoms with E-state index in [1.807, 2.05) is 0 Å². The Bertz CT molecular complexity index is 231. The van der Waals surface area contributed by atoms with Crippen LogP contribution in [0, 0.1) is 11.8 Å². The Kier molecular flexibility index (Phi) is 5.52. The maximum absolute atomic E-state index is 12.0. The molecule has 0 bridgehead atoms. The second kappa shape index (κ2) is 6.68. The van der Waals surface area contributed by atoms with Crippen LogP contribution < -0.4 is 11.5 Å². The lowest BCUT2D eigenvalue weighted by atomic mass is 9.80. The molecule has 1 aliphatic rings. The fourth-order valence-corrected chi connectivity index (χ4v) is 2.19. The fourth-order valence-electron chi connectivity index (χ4n) is 2.19. The van der Waals surface area contributed by atoms with Gasteiger partial charge in [0.05, 0.1) is 12.7 Å². The first-order chi connectivity index (χ1) is 7.63. The summed E-state index contributed by atoms with van der Waals surface area (Å²) in [4.78, 5) is 4.03. The van der Waals surface area contributed by atoms with Crippen LogP contribution in [0.5, 0.6) is 0 Å². The second-order valence-corrected chi connectivity index (χ2v) is 4.52. The Morgan fingerprint density at radius 1 is 1.44 bits per heavy atom. The molecule has 3 atom stereocenters. The Hall–Kier alpha value is -0.840. The second-order valence-electron chi connectivity index (χ2n) is 4.52. The first-order valence-electron chi connectivity index (χ1n) is 5.86. The summed E-state index contributed by atoms with van der Waals surface area (Å²) < 4.78 is 17.5. The smallest absolute Gasteiger partial charge is 0.185 e. The quantitative estimate of drug-likeness (QED) is 0.548. The van der Waals surface area contributed by atoms with Gasteiger partial charge in [0.15, 0.2) is 5.96 Å². The molecule has 94 valence electrons. The third kappa shape index (κ3) is 4.35. The van der Waals surface area contributed by atoms with Crippen LogP contribution in [0.2, 0.25) is 0 Å². The van der Waals surface area contributed by atoms with Gasteiger partial charge in [-0.1, -0.05) is 6.92 Å². The number of hydrogen-bond donors (Lipinski definition) is 2. The van der Waals surface area contributed by atoms with Gasteiger partial charge < -0.3 is 16.2 Å². The maximum atomic E-state index is 12.0. The largest absolute Gasteiger partial charge is 0.375 e. The number of halogens is 1. The average Bonchev–Trinajstić information content (AvgIpc) is 2.26. The van der Waals surface area contributed by atoms with E-state index in [9.17, 15) is 4.39 Å². The monoisotopic (exact) mass is 231 g/mol. The van der Waals surface area contributed by atoms with Crippen molar-refractivity contribution in [2.75, 3.05) is 19.8 Å². The standard InChI is InChI=1S/C11H22FN3O/c1-8-2-3-9(7-15-11(13)14)6-10(8)16-5-4-12/h8-10H,2-7H2,1H3,(H4,13,14,15). The molecule has 0 amide bonds. The highest BCUT2D eigenvalue weighted by molar-refractivity contribution is 5.75. The summed E-state index contributed by atoms with van der Waals surface area (Å²) in [6.07, 6.45) is 3.30. The molecule has 0 aliphatic heterocycles. The number of nitrogens with zero attached hydrogens (tertiary/aromatic N) is 1. The van der Waals surface area contributed by atoms with Gasteiger partial charge in [-0.25, -0.2) is 4.39 Å². The van der Waals surface area contributed by atoms with E-state index in [1.165, 1.54) is 0 Å². The molecule has 0 saturated heterocycles. The van der Waals surface area contributed by atoms with Crippen molar-refractivity contribution in [2.45, 2.75) is 32.3 Å². The summed E-state index contributed by atoms with van der Waals surface area (Å²) >= 11 is 0. The number of alkyl halides is 1. The molecule has 0 radical (unpaired) electrons. The molecule has 1 aliphatic carbocycles. The summed E-state index contributed by atoms with van der Waals surface area (Å²) in [6.45, 7) is 2.59. The van der Waals surface area contributed by atoms with E-state index in [0.717, 1.165) is 19.3 Å². The van der Waals surface area contributed by atoms with Gasteiger partial charge in [-0.15, -0.1) is 0 Å². The number of hydrogen-bond acceptors (Lipinski definition) is 2. The Labute approximate surface area is 96.2 Å². The molecule has 1 saturated carbocycles. The zero-order chi connectivity index (χ0) is 12.0. The molecular weight excluding hydrogens is 209 g/mol. The van der Waals surface area contributed by atoms with Crippen molar-refractivity contribution >= 4 is 5.96 Å². The van der Waals surface area contributed by atoms with Gasteiger partial charge in [0.2, 0.25) is 0 Å². The lowest BCUT2D eigenvalue weighted by Crippen LogP contribution is -2.32. The van der Waals surface area contributed by atoms with Crippen LogP contribution >= 0.6 is 0 Å². The number of ether oxygens (including phenoxy) is 1. The molecule has 0 heterocycles. The zero-order valence-corrected chi connectivity index (χ0v) is 9.86. The van der Waals surface area contributed by atoms with E-state index in [4.69, 9.17) is 16.2 Å². The van der Waals surface area contributed by atoms with Gasteiger partial charge in [-0.3, -0.25) is 4.99 Å². The molecular formula is C11H22FN3O. The summed E-state index contributed by atoms with van der Waals surface area (Å²) in [7, 11) is 0. The van der Waals surface area contributed by atoms with Crippen molar-refractivity contribution in [3.8, 4) is 0 Å². The van der Waals surface area contributed by atoms with E-state index < -0.39 is 6.67 Å². The van der Waals surface area contributed by atoms with Crippen LogP contribution in [-0.4, -0.2) is 31.9 Å². The van der Waals surface area contributed by atoms with E-state index in [1.54, 1.807) is 0 Å². The van der Waals surface area contributed by atoms with E-state index >= 15 is 0 Å². The number of aliphatic imine (C=N–C) groups is 1. The van der Waals surface area contributed by atoms with Crippen molar-refractivity contribution in [3.05, 3.63) is 0 Å². The van der Waals surface area contributed by atoms with Crippen LogP contribution in [0.1, 0.15) is 26.2 Å². The van der Waals surface area contributed by atoms with Crippen LogP contribution in [0.15, 0.2) is 4.99 Å². The molecule has 5 heteroatoms. The highest BCUT2D eigenvalue weighted by atomic mass is 19.1. The molecule has 3 unspecified atom stereocenters. The maximum Gasteiger partial charge on any atom is 0.185 e. The predicted octanol–water partition coefficient (Wildman–Crippen LogP) is 1.05. The van der Waals surface area contributed by atoms with Crippen molar-refractivity contribution in [1.29, 1.82) is 0 Å². The molecule has 0 aromatic heterocycles. The predicted molar refractivity (Wildman–Crippen MR) is 62.9 cm³/mol. The van der Waals surface area contributed by atoms with Gasteiger partial charge in [0, 0.05) is 6.54 Å². The highest BCUT2D eigenvalue weighted by Gasteiger charge is 2.28. The van der Waals surface area contributed by atoms with E-state index in [-0.39, 0.29) is 18.7 Å². The number of rotatable bonds is 5. The van der Waals surface area contributed by atoms with Gasteiger partial charge in [0.25, 0.3) is 0 Å². The normalized spacial score (nSPS) is 30.0. The number of nitrogens with two attached hydrogens (primary N) is 2. The van der Waals surface area contributed by atoms with Gasteiger partial charge >= 0.3 is 0 Å². The van der Waals surface area contributed by atoms with E-state index in [2.05, 4.69) is 11.9 Å². The van der Waals surface area contributed by atoms with Gasteiger partial charge in [0.1, 0.15) is 6.67 Å². The molecule has 1 fully saturated rings. The molecule has 1 rings (SSSR count). The zero-order valence-electron chi connectivity index (χ0n) is 9.86. The molecule has 0 aromatic carbocycles. The average molecular weight is 231 g/mol. The minimum Gasteiger partial charge on any atom is -0.375 e. The number of guanidine groups is 1. The lowest BCUT2D eigenvalue weighted by molar-refractivity contribution is -0.0236. The van der Waals surface area contributed by atoms with Crippen molar-refractivity contribution in [1.82, 2.24) is 0 Å². The van der Waals surface area contributed by atoms with Crippen LogP contribution in [-0.2, 0) is 4.74 Å². The lowest BCUT2D eigenvalue weighted by Gasteiger charge is -2.33. The topological polar surface area (TPSA) is 73.6 Å². The summed E-state index contributed by atoms with van der Waals surface area (Å²) in [6, 6.07) is 0. The van der Waals surface area contributed by atoms with Gasteiger partial charge in [-0.05, 0) is 31.1 Å². The van der Waals surface area contributed by atoms with Crippen molar-refractivity contribution < 1.29 is 9.13 Å². The first-order valence-corrected chi connectivity index (χ1v) is 5.86. The highest BCUT2D eigenvalue weighted by Crippen LogP contribution is 2.31. The summed E-state index contributed by atoms with van der Waals surface area (Å²) in [5, 5.41) is 0. The van der Waals surface area contributed by atoms with Crippen molar-refractivity contribution in [2.24, 2.45) is 28.3 Å². The molecule has 4 nitrogen and oxygen atoms in total. The van der Waals surface area contributed by atoms with Crippen LogP contribution in [0.4, 0.5) is 4.39 Å². The fraction of sp³-hybridized carbons (Fsp3) is 0.909. The Balaban J connectivity index is 2.37. The van der Waals surface area contributed by atoms with Crippen LogP contribution in [0.3, 0.4) is 0 Å². The van der Waals surface area contributed by atoms with Gasteiger partial charge in [-0.2, -0.15) is 0 Å². The Morgan fingerprint density at radius 2 is 2.19 bits per heavy atom. The van der Waals surface area contributed by atoms with Crippen molar-refractivity contribution in [3.63, 3.8) is 0 Å². The summed E-state index contributed by atoms with van der Waals surface area (Å²) in [5.74, 6) is 1.10. The molecule has 4 N–H and O–H groups in total. The van der Waals surface area contributed by atoms with Crippen LogP contribution in [0.25, 0.3) is 0 Å². The molecule has 0 aromatic rings. The minimum atomic E-state index is -0.415.